The van der Waals surface area contributed by atoms with Gasteiger partial charge in [-0.05, 0) is 72.0 Å². The second-order valence-electron chi connectivity index (χ2n) is 9.17. The number of fused-ring (bicyclic) bond motifs is 1. The normalized spacial score (nSPS) is 13.1. The van der Waals surface area contributed by atoms with Crippen LogP contribution in [0.4, 0.5) is 28.9 Å². The van der Waals surface area contributed by atoms with Gasteiger partial charge in [-0.1, -0.05) is 18.2 Å². The van der Waals surface area contributed by atoms with Gasteiger partial charge in [0.1, 0.15) is 5.82 Å². The number of hydrogen-bond acceptors (Lipinski definition) is 3. The van der Waals surface area contributed by atoms with Crippen molar-refractivity contribution in [2.75, 3.05) is 17.2 Å². The van der Waals surface area contributed by atoms with Crippen LogP contribution in [0, 0.1) is 12.7 Å². The molecule has 0 atom stereocenters. The van der Waals surface area contributed by atoms with Crippen LogP contribution in [0.3, 0.4) is 0 Å². The number of alkyl halides is 3. The molecule has 1 aliphatic rings. The number of rotatable bonds is 5. The van der Waals surface area contributed by atoms with E-state index in [0.29, 0.717) is 42.5 Å². The Balaban J connectivity index is 1.46. The van der Waals surface area contributed by atoms with Crippen LogP contribution in [0.25, 0.3) is 0 Å². The summed E-state index contributed by atoms with van der Waals surface area (Å²) in [6, 6.07) is 12.8. The van der Waals surface area contributed by atoms with Crippen molar-refractivity contribution in [3.05, 3.63) is 93.8 Å². The highest BCUT2D eigenvalue weighted by atomic mass is 19.4. The van der Waals surface area contributed by atoms with E-state index < -0.39 is 23.5 Å². The van der Waals surface area contributed by atoms with Gasteiger partial charge in [-0.2, -0.15) is 13.2 Å². The molecule has 0 bridgehead atoms. The molecule has 3 aromatic carbocycles. The van der Waals surface area contributed by atoms with E-state index in [1.807, 2.05) is 19.1 Å². The molecule has 2 N–H and O–H groups in total. The van der Waals surface area contributed by atoms with Crippen molar-refractivity contribution in [3.63, 3.8) is 0 Å². The molecule has 0 unspecified atom stereocenters. The lowest BCUT2D eigenvalue weighted by atomic mass is 9.94. The summed E-state index contributed by atoms with van der Waals surface area (Å²) in [6.45, 7) is 3.96. The SMILES string of the molecule is CC(=O)Nc1ccc(C(=O)N2CCc3c(ccc(C)c3NC(=O)Cc3ccc(C(F)(F)F)c(F)c3)C2)cc1. The molecule has 198 valence electrons. The Bertz CT molecular complexity index is 1400. The smallest absolute Gasteiger partial charge is 0.334 e. The molecule has 4 rings (SSSR count). The number of halogens is 4. The first-order chi connectivity index (χ1) is 17.9. The molecule has 3 amide bonds. The first kappa shape index (κ1) is 26.8. The molecule has 0 radical (unpaired) electrons. The van der Waals surface area contributed by atoms with E-state index in [0.717, 1.165) is 28.8 Å². The Morgan fingerprint density at radius 1 is 0.974 bits per heavy atom. The number of hydrogen-bond donors (Lipinski definition) is 2. The van der Waals surface area contributed by atoms with E-state index in [1.165, 1.54) is 6.92 Å². The van der Waals surface area contributed by atoms with Gasteiger partial charge in [0.15, 0.2) is 0 Å². The van der Waals surface area contributed by atoms with E-state index in [-0.39, 0.29) is 23.8 Å². The van der Waals surface area contributed by atoms with Crippen LogP contribution in [0.5, 0.6) is 0 Å². The number of aryl methyl sites for hydroxylation is 1. The second kappa shape index (κ2) is 10.6. The number of carbonyl (C=O) groups excluding carboxylic acids is 3. The fourth-order valence-corrected chi connectivity index (χ4v) is 4.47. The van der Waals surface area contributed by atoms with E-state index in [4.69, 9.17) is 0 Å². The third-order valence-electron chi connectivity index (χ3n) is 6.32. The van der Waals surface area contributed by atoms with Crippen LogP contribution in [0.2, 0.25) is 0 Å². The van der Waals surface area contributed by atoms with Gasteiger partial charge in [-0.15, -0.1) is 0 Å². The third-order valence-corrected chi connectivity index (χ3v) is 6.32. The minimum atomic E-state index is -4.81. The zero-order chi connectivity index (χ0) is 27.6. The van der Waals surface area contributed by atoms with Crippen LogP contribution in [-0.4, -0.2) is 29.2 Å². The van der Waals surface area contributed by atoms with Gasteiger partial charge >= 0.3 is 6.18 Å². The van der Waals surface area contributed by atoms with Crippen molar-refractivity contribution in [3.8, 4) is 0 Å². The van der Waals surface area contributed by atoms with E-state index in [1.54, 1.807) is 29.2 Å². The predicted molar refractivity (Wildman–Crippen MR) is 134 cm³/mol. The Morgan fingerprint density at radius 2 is 1.68 bits per heavy atom. The summed E-state index contributed by atoms with van der Waals surface area (Å²) in [5.41, 5.74) is 2.94. The van der Waals surface area contributed by atoms with Crippen LogP contribution in [0.15, 0.2) is 54.6 Å². The average Bonchev–Trinajstić information content (AvgIpc) is 2.84. The first-order valence-corrected chi connectivity index (χ1v) is 11.9. The molecule has 0 aliphatic carbocycles. The fraction of sp³-hybridized carbons (Fsp3) is 0.250. The lowest BCUT2D eigenvalue weighted by Crippen LogP contribution is -2.36. The number of nitrogens with zero attached hydrogens (tertiary/aromatic N) is 1. The average molecular weight is 528 g/mol. The van der Waals surface area contributed by atoms with Gasteiger partial charge in [0, 0.05) is 37.0 Å². The largest absolute Gasteiger partial charge is 0.419 e. The number of anilines is 2. The van der Waals surface area contributed by atoms with Crippen LogP contribution >= 0.6 is 0 Å². The van der Waals surface area contributed by atoms with Gasteiger partial charge in [0.2, 0.25) is 11.8 Å². The summed E-state index contributed by atoms with van der Waals surface area (Å²) >= 11 is 0. The maximum atomic E-state index is 13.9. The van der Waals surface area contributed by atoms with Crippen molar-refractivity contribution >= 4 is 29.1 Å². The van der Waals surface area contributed by atoms with Crippen molar-refractivity contribution in [1.82, 2.24) is 4.90 Å². The van der Waals surface area contributed by atoms with Crippen LogP contribution < -0.4 is 10.6 Å². The highest BCUT2D eigenvalue weighted by molar-refractivity contribution is 5.96. The molecule has 0 fully saturated rings. The van der Waals surface area contributed by atoms with Crippen molar-refractivity contribution < 1.29 is 31.9 Å². The lowest BCUT2D eigenvalue weighted by molar-refractivity contribution is -0.140. The fourth-order valence-electron chi connectivity index (χ4n) is 4.47. The highest BCUT2D eigenvalue weighted by Crippen LogP contribution is 2.32. The standard InChI is InChI=1S/C28H25F4N3O3/c1-16-3-5-20-15-35(27(38)19-6-8-21(9-7-19)33-17(2)36)12-11-22(20)26(16)34-25(37)14-18-4-10-23(24(29)13-18)28(30,31)32/h3-10,13H,11-12,14-15H2,1-2H3,(H,33,36)(H,34,37). The molecule has 6 nitrogen and oxygen atoms in total. The Hall–Kier alpha value is -4.21. The van der Waals surface area contributed by atoms with Gasteiger partial charge < -0.3 is 15.5 Å². The van der Waals surface area contributed by atoms with Crippen molar-refractivity contribution in [1.29, 1.82) is 0 Å². The number of amides is 3. The highest BCUT2D eigenvalue weighted by Gasteiger charge is 2.34. The van der Waals surface area contributed by atoms with Gasteiger partial charge in [0.05, 0.1) is 12.0 Å². The van der Waals surface area contributed by atoms with Crippen molar-refractivity contribution in [2.45, 2.75) is 39.4 Å². The molecule has 0 saturated carbocycles. The van der Waals surface area contributed by atoms with Gasteiger partial charge in [-0.3, -0.25) is 14.4 Å². The number of benzene rings is 3. The Kier molecular flexibility index (Phi) is 7.52. The molecule has 1 heterocycles. The van der Waals surface area contributed by atoms with E-state index >= 15 is 0 Å². The minimum Gasteiger partial charge on any atom is -0.334 e. The topological polar surface area (TPSA) is 78.5 Å². The Labute approximate surface area is 216 Å². The molecular formula is C28H25F4N3O3. The molecule has 0 aromatic heterocycles. The molecule has 10 heteroatoms. The monoisotopic (exact) mass is 527 g/mol. The lowest BCUT2D eigenvalue weighted by Gasteiger charge is -2.31. The summed E-state index contributed by atoms with van der Waals surface area (Å²) in [5.74, 6) is -2.29. The van der Waals surface area contributed by atoms with Crippen LogP contribution in [0.1, 0.15) is 45.1 Å². The number of nitrogens with one attached hydrogen (secondary N) is 2. The molecule has 0 saturated heterocycles. The van der Waals surface area contributed by atoms with E-state index in [2.05, 4.69) is 10.6 Å². The molecule has 38 heavy (non-hydrogen) atoms. The van der Waals surface area contributed by atoms with Gasteiger partial charge in [0.25, 0.3) is 5.91 Å². The minimum absolute atomic E-state index is 0.122. The molecule has 0 spiro atoms. The summed E-state index contributed by atoms with van der Waals surface area (Å²) in [6.07, 6.45) is -4.62. The first-order valence-electron chi connectivity index (χ1n) is 11.9. The maximum absolute atomic E-state index is 13.9. The molecular weight excluding hydrogens is 502 g/mol. The van der Waals surface area contributed by atoms with Gasteiger partial charge in [-0.25, -0.2) is 4.39 Å². The zero-order valence-electron chi connectivity index (χ0n) is 20.7. The van der Waals surface area contributed by atoms with Crippen molar-refractivity contribution in [2.24, 2.45) is 0 Å². The second-order valence-corrected chi connectivity index (χ2v) is 9.17. The zero-order valence-corrected chi connectivity index (χ0v) is 20.7. The quantitative estimate of drug-likeness (QED) is 0.431. The van der Waals surface area contributed by atoms with Crippen LogP contribution in [-0.2, 0) is 35.2 Å². The van der Waals surface area contributed by atoms with E-state index in [9.17, 15) is 31.9 Å². The number of carbonyl (C=O) groups is 3. The predicted octanol–water partition coefficient (Wildman–Crippen LogP) is 5.49. The maximum Gasteiger partial charge on any atom is 0.419 e. The summed E-state index contributed by atoms with van der Waals surface area (Å²) in [7, 11) is 0. The summed E-state index contributed by atoms with van der Waals surface area (Å²) < 4.78 is 52.3. The molecule has 3 aromatic rings. The molecule has 1 aliphatic heterocycles. The summed E-state index contributed by atoms with van der Waals surface area (Å²) in [5, 5.41) is 5.48. The Morgan fingerprint density at radius 3 is 2.32 bits per heavy atom. The summed E-state index contributed by atoms with van der Waals surface area (Å²) in [4.78, 5) is 38.7. The third kappa shape index (κ3) is 6.01.